The van der Waals surface area contributed by atoms with E-state index in [9.17, 15) is 13.2 Å². The second kappa shape index (κ2) is 4.57. The van der Waals surface area contributed by atoms with Crippen LogP contribution in [0, 0.1) is 0 Å². The maximum absolute atomic E-state index is 12.3. The van der Waals surface area contributed by atoms with E-state index in [1.165, 1.54) is 12.1 Å². The van der Waals surface area contributed by atoms with Crippen molar-refractivity contribution in [3.8, 4) is 0 Å². The number of thioether (sulfide) groups is 1. The molecule has 1 heterocycles. The summed E-state index contributed by atoms with van der Waals surface area (Å²) in [5.74, 6) is 2.15. The Kier molecular flexibility index (Phi) is 3.33. The molecule has 1 aromatic carbocycles. The second-order valence-electron chi connectivity index (χ2n) is 3.78. The average molecular weight is 247 g/mol. The minimum Gasteiger partial charge on any atom is -0.381 e. The average Bonchev–Trinajstić information content (AvgIpc) is 2.70. The lowest BCUT2D eigenvalue weighted by Gasteiger charge is -2.13. The van der Waals surface area contributed by atoms with Crippen LogP contribution in [0.25, 0.3) is 0 Å². The highest BCUT2D eigenvalue weighted by atomic mass is 32.2. The van der Waals surface area contributed by atoms with Crippen LogP contribution >= 0.6 is 11.8 Å². The highest BCUT2D eigenvalue weighted by Gasteiger charge is 2.30. The van der Waals surface area contributed by atoms with Gasteiger partial charge in [-0.3, -0.25) is 0 Å². The molecule has 0 aromatic heterocycles. The van der Waals surface area contributed by atoms with E-state index in [1.54, 1.807) is 0 Å². The molecule has 1 aliphatic heterocycles. The van der Waals surface area contributed by atoms with E-state index in [-0.39, 0.29) is 0 Å². The zero-order chi connectivity index (χ0) is 11.6. The number of nitrogens with one attached hydrogen (secondary N) is 1. The minimum atomic E-state index is -4.25. The summed E-state index contributed by atoms with van der Waals surface area (Å²) < 4.78 is 36.9. The molecule has 0 amide bonds. The van der Waals surface area contributed by atoms with E-state index in [0.717, 1.165) is 35.7 Å². The zero-order valence-corrected chi connectivity index (χ0v) is 9.37. The molecule has 0 saturated carbocycles. The van der Waals surface area contributed by atoms with Gasteiger partial charge in [-0.1, -0.05) is 0 Å². The van der Waals surface area contributed by atoms with Crippen molar-refractivity contribution in [3.63, 3.8) is 0 Å². The van der Waals surface area contributed by atoms with E-state index in [1.807, 2.05) is 11.8 Å². The van der Waals surface area contributed by atoms with Crippen molar-refractivity contribution in [2.75, 3.05) is 16.8 Å². The molecular formula is C11H12F3NS. The Morgan fingerprint density at radius 3 is 2.38 bits per heavy atom. The van der Waals surface area contributed by atoms with Crippen LogP contribution in [0.4, 0.5) is 18.9 Å². The van der Waals surface area contributed by atoms with E-state index >= 15 is 0 Å². The van der Waals surface area contributed by atoms with Crippen molar-refractivity contribution in [1.82, 2.24) is 0 Å². The van der Waals surface area contributed by atoms with Gasteiger partial charge in [0, 0.05) is 17.5 Å². The van der Waals surface area contributed by atoms with Gasteiger partial charge < -0.3 is 5.32 Å². The molecule has 1 aromatic rings. The molecule has 1 N–H and O–H groups in total. The van der Waals surface area contributed by atoms with E-state index in [4.69, 9.17) is 0 Å². The predicted octanol–water partition coefficient (Wildman–Crippen LogP) is 3.62. The summed E-state index contributed by atoms with van der Waals surface area (Å²) in [5.41, 5.74) is 0.166. The van der Waals surface area contributed by atoms with Crippen LogP contribution in [-0.2, 0) is 6.18 Å². The second-order valence-corrected chi connectivity index (χ2v) is 4.93. The SMILES string of the molecule is FC(F)(F)c1ccc(NC2CCSC2)cc1. The highest BCUT2D eigenvalue weighted by Crippen LogP contribution is 2.30. The number of hydrogen-bond acceptors (Lipinski definition) is 2. The highest BCUT2D eigenvalue weighted by molar-refractivity contribution is 7.99. The van der Waals surface area contributed by atoms with Crippen molar-refractivity contribution < 1.29 is 13.2 Å². The number of benzene rings is 1. The molecule has 1 unspecified atom stereocenters. The standard InChI is InChI=1S/C11H12F3NS/c12-11(13,14)8-1-3-9(4-2-8)15-10-5-6-16-7-10/h1-4,10,15H,5-7H2. The number of anilines is 1. The molecular weight excluding hydrogens is 235 g/mol. The van der Waals surface area contributed by atoms with Crippen LogP contribution in [0.1, 0.15) is 12.0 Å². The fraction of sp³-hybridized carbons (Fsp3) is 0.455. The van der Waals surface area contributed by atoms with Crippen molar-refractivity contribution >= 4 is 17.4 Å². The third-order valence-electron chi connectivity index (χ3n) is 2.51. The van der Waals surface area contributed by atoms with Gasteiger partial charge in [-0.05, 0) is 36.4 Å². The summed E-state index contributed by atoms with van der Waals surface area (Å²) in [4.78, 5) is 0. The number of alkyl halides is 3. The van der Waals surface area contributed by atoms with Gasteiger partial charge >= 0.3 is 6.18 Å². The Bertz CT molecular complexity index is 341. The van der Waals surface area contributed by atoms with Crippen LogP contribution in [-0.4, -0.2) is 17.5 Å². The van der Waals surface area contributed by atoms with Crippen molar-refractivity contribution in [2.45, 2.75) is 18.6 Å². The van der Waals surface area contributed by atoms with Gasteiger partial charge in [-0.15, -0.1) is 0 Å². The Morgan fingerprint density at radius 2 is 1.88 bits per heavy atom. The first-order valence-corrected chi connectivity index (χ1v) is 6.23. The molecule has 2 rings (SSSR count). The van der Waals surface area contributed by atoms with Crippen molar-refractivity contribution in [2.24, 2.45) is 0 Å². The third kappa shape index (κ3) is 2.84. The van der Waals surface area contributed by atoms with Crippen molar-refractivity contribution in [3.05, 3.63) is 29.8 Å². The van der Waals surface area contributed by atoms with E-state index in [2.05, 4.69) is 5.32 Å². The first kappa shape index (κ1) is 11.6. The Morgan fingerprint density at radius 1 is 1.19 bits per heavy atom. The van der Waals surface area contributed by atoms with Gasteiger partial charge in [0.05, 0.1) is 5.56 Å². The lowest BCUT2D eigenvalue weighted by atomic mass is 10.2. The molecule has 1 aliphatic rings. The quantitative estimate of drug-likeness (QED) is 0.856. The van der Waals surface area contributed by atoms with E-state index < -0.39 is 11.7 Å². The van der Waals surface area contributed by atoms with Gasteiger partial charge in [0.2, 0.25) is 0 Å². The maximum Gasteiger partial charge on any atom is 0.416 e. The number of rotatable bonds is 2. The summed E-state index contributed by atoms with van der Waals surface area (Å²) in [7, 11) is 0. The predicted molar refractivity (Wildman–Crippen MR) is 60.8 cm³/mol. The zero-order valence-electron chi connectivity index (χ0n) is 8.55. The summed E-state index contributed by atoms with van der Waals surface area (Å²) >= 11 is 1.87. The molecule has 0 bridgehead atoms. The molecule has 5 heteroatoms. The van der Waals surface area contributed by atoms with Crippen LogP contribution < -0.4 is 5.32 Å². The number of halogens is 3. The van der Waals surface area contributed by atoms with Gasteiger partial charge in [0.15, 0.2) is 0 Å². The Balaban J connectivity index is 2.01. The molecule has 1 nitrogen and oxygen atoms in total. The fourth-order valence-electron chi connectivity index (χ4n) is 1.64. The lowest BCUT2D eigenvalue weighted by Crippen LogP contribution is -2.18. The monoisotopic (exact) mass is 247 g/mol. The van der Waals surface area contributed by atoms with Crippen molar-refractivity contribution in [1.29, 1.82) is 0 Å². The molecule has 88 valence electrons. The Hall–Kier alpha value is -0.840. The molecule has 1 atom stereocenters. The molecule has 1 saturated heterocycles. The normalized spacial score (nSPS) is 21.1. The first-order valence-electron chi connectivity index (χ1n) is 5.07. The van der Waals surface area contributed by atoms with Gasteiger partial charge in [-0.2, -0.15) is 24.9 Å². The van der Waals surface area contributed by atoms with Crippen LogP contribution in [0.3, 0.4) is 0 Å². The largest absolute Gasteiger partial charge is 0.416 e. The molecule has 0 radical (unpaired) electrons. The molecule has 0 aliphatic carbocycles. The Labute approximate surface area is 96.4 Å². The van der Waals surface area contributed by atoms with Gasteiger partial charge in [0.25, 0.3) is 0 Å². The summed E-state index contributed by atoms with van der Waals surface area (Å²) in [6.45, 7) is 0. The molecule has 16 heavy (non-hydrogen) atoms. The molecule has 1 fully saturated rings. The lowest BCUT2D eigenvalue weighted by molar-refractivity contribution is -0.137. The maximum atomic E-state index is 12.3. The fourth-order valence-corrected chi connectivity index (χ4v) is 2.79. The van der Waals surface area contributed by atoms with Crippen LogP contribution in [0.2, 0.25) is 0 Å². The van der Waals surface area contributed by atoms with Gasteiger partial charge in [0.1, 0.15) is 0 Å². The smallest absolute Gasteiger partial charge is 0.381 e. The number of hydrogen-bond donors (Lipinski definition) is 1. The molecule has 0 spiro atoms. The summed E-state index contributed by atoms with van der Waals surface area (Å²) in [6, 6.07) is 5.61. The van der Waals surface area contributed by atoms with Gasteiger partial charge in [-0.25, -0.2) is 0 Å². The van der Waals surface area contributed by atoms with E-state index in [0.29, 0.717) is 6.04 Å². The first-order chi connectivity index (χ1) is 7.55. The summed E-state index contributed by atoms with van der Waals surface area (Å²) in [5, 5.41) is 3.23. The van der Waals surface area contributed by atoms with Crippen LogP contribution in [0.15, 0.2) is 24.3 Å². The van der Waals surface area contributed by atoms with Crippen LogP contribution in [0.5, 0.6) is 0 Å². The topological polar surface area (TPSA) is 12.0 Å². The minimum absolute atomic E-state index is 0.390. The third-order valence-corrected chi connectivity index (χ3v) is 3.68. The summed E-state index contributed by atoms with van der Waals surface area (Å²) in [6.07, 6.45) is -3.17.